The van der Waals surface area contributed by atoms with E-state index in [1.54, 1.807) is 18.2 Å². The second-order valence-electron chi connectivity index (χ2n) is 5.19. The van der Waals surface area contributed by atoms with Crippen molar-refractivity contribution in [1.82, 2.24) is 15.0 Å². The fourth-order valence-corrected chi connectivity index (χ4v) is 2.32. The summed E-state index contributed by atoms with van der Waals surface area (Å²) in [6, 6.07) is 5.37. The Labute approximate surface area is 134 Å². The van der Waals surface area contributed by atoms with Gasteiger partial charge in [-0.25, -0.2) is 9.48 Å². The van der Waals surface area contributed by atoms with Gasteiger partial charge in [0.1, 0.15) is 0 Å². The minimum atomic E-state index is -1.09. The van der Waals surface area contributed by atoms with Gasteiger partial charge in [-0.3, -0.25) is 0 Å². The summed E-state index contributed by atoms with van der Waals surface area (Å²) in [6.45, 7) is 8.62. The van der Waals surface area contributed by atoms with E-state index in [1.165, 1.54) is 4.68 Å². The van der Waals surface area contributed by atoms with Crippen LogP contribution in [0.2, 0.25) is 0 Å². The van der Waals surface area contributed by atoms with Gasteiger partial charge in [0.25, 0.3) is 0 Å². The van der Waals surface area contributed by atoms with E-state index in [1.807, 2.05) is 27.7 Å². The van der Waals surface area contributed by atoms with Crippen LogP contribution in [-0.4, -0.2) is 39.3 Å². The molecular weight excluding hydrogens is 298 g/mol. The van der Waals surface area contributed by atoms with E-state index in [0.29, 0.717) is 36.1 Å². The average Bonchev–Trinajstić information content (AvgIpc) is 2.95. The Balaban J connectivity index is 2.54. The van der Waals surface area contributed by atoms with Gasteiger partial charge in [-0.1, -0.05) is 19.1 Å². The van der Waals surface area contributed by atoms with E-state index in [9.17, 15) is 9.90 Å². The third kappa shape index (κ3) is 3.44. The number of carboxylic acids is 1. The zero-order valence-corrected chi connectivity index (χ0v) is 13.7. The lowest BCUT2D eigenvalue weighted by molar-refractivity contribution is 0.0688. The third-order valence-corrected chi connectivity index (χ3v) is 3.23. The number of rotatable bonds is 7. The molecule has 0 amide bonds. The summed E-state index contributed by atoms with van der Waals surface area (Å²) in [5, 5.41) is 17.1. The molecule has 0 bridgehead atoms. The lowest BCUT2D eigenvalue weighted by Gasteiger charge is -2.14. The van der Waals surface area contributed by atoms with Crippen LogP contribution in [0.4, 0.5) is 0 Å². The number of carbonyl (C=O) groups is 1. The van der Waals surface area contributed by atoms with Crippen LogP contribution < -0.4 is 9.47 Å². The van der Waals surface area contributed by atoms with Crippen LogP contribution in [0.3, 0.4) is 0 Å². The van der Waals surface area contributed by atoms with Crippen molar-refractivity contribution in [3.8, 4) is 17.2 Å². The number of carboxylic acid groups (broad SMARTS) is 1. The molecule has 7 heteroatoms. The van der Waals surface area contributed by atoms with E-state index < -0.39 is 5.97 Å². The van der Waals surface area contributed by atoms with Crippen molar-refractivity contribution >= 4 is 5.97 Å². The summed E-state index contributed by atoms with van der Waals surface area (Å²) in [5.41, 5.74) is 1.19. The van der Waals surface area contributed by atoms with Crippen LogP contribution in [0.15, 0.2) is 18.2 Å². The van der Waals surface area contributed by atoms with Crippen molar-refractivity contribution in [1.29, 1.82) is 0 Å². The molecule has 1 aromatic carbocycles. The van der Waals surface area contributed by atoms with Gasteiger partial charge in [0.05, 0.1) is 24.6 Å². The molecule has 2 rings (SSSR count). The minimum Gasteiger partial charge on any atom is -0.490 e. The number of hydrogen-bond acceptors (Lipinski definition) is 5. The molecule has 0 fully saturated rings. The first-order chi connectivity index (χ1) is 11.0. The molecule has 0 radical (unpaired) electrons. The summed E-state index contributed by atoms with van der Waals surface area (Å²) in [6.07, 6.45) is 0. The zero-order valence-electron chi connectivity index (χ0n) is 13.7. The molecular formula is C16H21N3O4. The topological polar surface area (TPSA) is 86.5 Å². The number of aromatic nitrogens is 3. The molecule has 0 saturated carbocycles. The summed E-state index contributed by atoms with van der Waals surface area (Å²) >= 11 is 0. The highest BCUT2D eigenvalue weighted by molar-refractivity contribution is 5.86. The normalized spacial score (nSPS) is 10.8. The highest BCUT2D eigenvalue weighted by Crippen LogP contribution is 2.31. The van der Waals surface area contributed by atoms with Crippen molar-refractivity contribution in [3.05, 3.63) is 29.6 Å². The lowest BCUT2D eigenvalue weighted by atomic mass is 10.1. The highest BCUT2D eigenvalue weighted by Gasteiger charge is 2.23. The molecule has 1 heterocycles. The SMILES string of the molecule is CCOc1ccc(-n2nnc(C(=O)O)c2C(C)C)cc1OCC. The van der Waals surface area contributed by atoms with Gasteiger partial charge in [0, 0.05) is 6.07 Å². The quantitative estimate of drug-likeness (QED) is 0.844. The predicted molar refractivity (Wildman–Crippen MR) is 84.7 cm³/mol. The average molecular weight is 319 g/mol. The molecule has 1 aromatic heterocycles. The number of aromatic carboxylic acids is 1. The molecule has 0 atom stereocenters. The molecule has 23 heavy (non-hydrogen) atoms. The van der Waals surface area contributed by atoms with Crippen LogP contribution in [0, 0.1) is 0 Å². The first kappa shape index (κ1) is 16.8. The van der Waals surface area contributed by atoms with Gasteiger partial charge in [0.2, 0.25) is 0 Å². The molecule has 1 N–H and O–H groups in total. The van der Waals surface area contributed by atoms with Gasteiger partial charge in [-0.05, 0) is 31.9 Å². The Hall–Kier alpha value is -2.57. The van der Waals surface area contributed by atoms with E-state index in [2.05, 4.69) is 10.3 Å². The Morgan fingerprint density at radius 3 is 2.43 bits per heavy atom. The molecule has 0 aliphatic heterocycles. The second-order valence-corrected chi connectivity index (χ2v) is 5.19. The monoisotopic (exact) mass is 319 g/mol. The second kappa shape index (κ2) is 7.13. The third-order valence-electron chi connectivity index (χ3n) is 3.23. The van der Waals surface area contributed by atoms with E-state index >= 15 is 0 Å². The van der Waals surface area contributed by atoms with E-state index in [4.69, 9.17) is 9.47 Å². The summed E-state index contributed by atoms with van der Waals surface area (Å²) < 4.78 is 12.7. The van der Waals surface area contributed by atoms with Crippen LogP contribution >= 0.6 is 0 Å². The van der Waals surface area contributed by atoms with Gasteiger partial charge < -0.3 is 14.6 Å². The Morgan fingerprint density at radius 2 is 1.87 bits per heavy atom. The molecule has 7 nitrogen and oxygen atoms in total. The van der Waals surface area contributed by atoms with Crippen molar-refractivity contribution in [2.45, 2.75) is 33.6 Å². The van der Waals surface area contributed by atoms with Crippen LogP contribution in [0.1, 0.15) is 49.8 Å². The number of nitrogens with zero attached hydrogens (tertiary/aromatic N) is 3. The smallest absolute Gasteiger partial charge is 0.358 e. The first-order valence-corrected chi connectivity index (χ1v) is 7.58. The van der Waals surface area contributed by atoms with E-state index in [-0.39, 0.29) is 11.6 Å². The molecule has 0 spiro atoms. The summed E-state index contributed by atoms with van der Waals surface area (Å²) in [7, 11) is 0. The fraction of sp³-hybridized carbons (Fsp3) is 0.438. The van der Waals surface area contributed by atoms with Crippen molar-refractivity contribution in [3.63, 3.8) is 0 Å². The standard InChI is InChI=1S/C16H21N3O4/c1-5-22-12-8-7-11(9-13(12)23-6-2)19-15(10(3)4)14(16(20)21)17-18-19/h7-10H,5-6H2,1-4H3,(H,20,21). The highest BCUT2D eigenvalue weighted by atomic mass is 16.5. The van der Waals surface area contributed by atoms with Crippen LogP contribution in [0.25, 0.3) is 5.69 Å². The molecule has 0 unspecified atom stereocenters. The molecule has 2 aromatic rings. The molecule has 0 aliphatic rings. The largest absolute Gasteiger partial charge is 0.490 e. The Bertz CT molecular complexity index is 695. The Kier molecular flexibility index (Phi) is 5.20. The maximum atomic E-state index is 11.3. The summed E-state index contributed by atoms with van der Waals surface area (Å²) in [5.74, 6) is 0.103. The number of benzene rings is 1. The van der Waals surface area contributed by atoms with Crippen molar-refractivity contribution in [2.24, 2.45) is 0 Å². The number of hydrogen-bond donors (Lipinski definition) is 1. The Morgan fingerprint density at radius 1 is 1.22 bits per heavy atom. The summed E-state index contributed by atoms with van der Waals surface area (Å²) in [4.78, 5) is 11.3. The predicted octanol–water partition coefficient (Wildman–Crippen LogP) is 2.89. The molecule has 124 valence electrons. The van der Waals surface area contributed by atoms with Gasteiger partial charge >= 0.3 is 5.97 Å². The molecule has 0 aliphatic carbocycles. The van der Waals surface area contributed by atoms with Crippen LogP contribution in [-0.2, 0) is 0 Å². The zero-order chi connectivity index (χ0) is 17.0. The maximum Gasteiger partial charge on any atom is 0.358 e. The molecule has 0 saturated heterocycles. The van der Waals surface area contributed by atoms with Gasteiger partial charge in [-0.15, -0.1) is 5.10 Å². The van der Waals surface area contributed by atoms with Gasteiger partial charge in [0.15, 0.2) is 17.2 Å². The van der Waals surface area contributed by atoms with E-state index in [0.717, 1.165) is 0 Å². The van der Waals surface area contributed by atoms with Gasteiger partial charge in [-0.2, -0.15) is 0 Å². The lowest BCUT2D eigenvalue weighted by Crippen LogP contribution is -2.09. The first-order valence-electron chi connectivity index (χ1n) is 7.58. The van der Waals surface area contributed by atoms with Crippen molar-refractivity contribution < 1.29 is 19.4 Å². The maximum absolute atomic E-state index is 11.3. The van der Waals surface area contributed by atoms with Crippen molar-refractivity contribution in [2.75, 3.05) is 13.2 Å². The fourth-order valence-electron chi connectivity index (χ4n) is 2.32. The number of ether oxygens (including phenoxy) is 2. The minimum absolute atomic E-state index is 0.0353. The van der Waals surface area contributed by atoms with Crippen LogP contribution in [0.5, 0.6) is 11.5 Å².